The van der Waals surface area contributed by atoms with Crippen LogP contribution in [0.5, 0.6) is 0 Å². The molecule has 2 N–H and O–H groups in total. The van der Waals surface area contributed by atoms with Gasteiger partial charge in [-0.15, -0.1) is 10.9 Å². The molecular formula is C37H30N2O7P+. The molecule has 9 nitrogen and oxygen atoms in total. The Bertz CT molecular complexity index is 1850. The van der Waals surface area contributed by atoms with Crippen molar-refractivity contribution < 1.29 is 32.9 Å². The average molecular weight is 646 g/mol. The van der Waals surface area contributed by atoms with E-state index in [2.05, 4.69) is 56.8 Å². The van der Waals surface area contributed by atoms with E-state index in [0.29, 0.717) is 11.3 Å². The van der Waals surface area contributed by atoms with E-state index in [-0.39, 0.29) is 18.7 Å². The molecule has 0 heterocycles. The number of fused-ring (bicyclic) bond motifs is 3. The molecule has 3 atom stereocenters. The van der Waals surface area contributed by atoms with E-state index < -0.39 is 44.8 Å². The second-order valence-electron chi connectivity index (χ2n) is 10.3. The molecule has 3 aromatic rings. The molecule has 0 radical (unpaired) electrons. The first kappa shape index (κ1) is 34.1. The molecule has 2 amide bonds. The van der Waals surface area contributed by atoms with Gasteiger partial charge in [0.15, 0.2) is 6.16 Å². The van der Waals surface area contributed by atoms with Crippen LogP contribution in [0.25, 0.3) is 11.1 Å². The summed E-state index contributed by atoms with van der Waals surface area (Å²) in [5.74, 6) is 15.6. The maximum absolute atomic E-state index is 13.5. The van der Waals surface area contributed by atoms with Crippen molar-refractivity contribution in [1.29, 1.82) is 0 Å². The number of amides is 2. The number of hydrogen-bond donors (Lipinski definition) is 2. The summed E-state index contributed by atoms with van der Waals surface area (Å²) in [4.78, 5) is 37.6. The molecule has 2 unspecified atom stereocenters. The van der Waals surface area contributed by atoms with Crippen LogP contribution in [0, 0.1) is 53.8 Å². The molecule has 10 heteroatoms. The van der Waals surface area contributed by atoms with Crippen molar-refractivity contribution in [2.24, 2.45) is 5.92 Å². The van der Waals surface area contributed by atoms with Crippen LogP contribution < -0.4 is 10.6 Å². The van der Waals surface area contributed by atoms with Gasteiger partial charge in [0.2, 0.25) is 12.7 Å². The largest absolute Gasteiger partial charge is 0.511 e. The number of carbonyl (C=O) groups is 3. The van der Waals surface area contributed by atoms with Crippen LogP contribution in [0.1, 0.15) is 36.5 Å². The van der Waals surface area contributed by atoms with E-state index in [4.69, 9.17) is 15.7 Å². The number of rotatable bonds is 11. The predicted octanol–water partition coefficient (Wildman–Crippen LogP) is 5.44. The van der Waals surface area contributed by atoms with Crippen LogP contribution in [-0.2, 0) is 28.2 Å². The molecule has 47 heavy (non-hydrogen) atoms. The van der Waals surface area contributed by atoms with Gasteiger partial charge in [-0.3, -0.25) is 9.59 Å². The number of alkyl carbamates (subject to hydrolysis) is 1. The number of benzene rings is 3. The smallest absolute Gasteiger partial charge is 0.449 e. The number of hydrogen-bond acceptors (Lipinski definition) is 7. The van der Waals surface area contributed by atoms with E-state index >= 15 is 0 Å². The summed E-state index contributed by atoms with van der Waals surface area (Å²) in [7, 11) is -2.32. The first-order chi connectivity index (χ1) is 22.8. The maximum atomic E-state index is 13.5. The van der Waals surface area contributed by atoms with E-state index in [1.165, 1.54) is 6.92 Å². The van der Waals surface area contributed by atoms with Crippen molar-refractivity contribution in [2.75, 3.05) is 24.9 Å². The lowest BCUT2D eigenvalue weighted by atomic mass is 9.98. The summed E-state index contributed by atoms with van der Waals surface area (Å²) in [5.41, 5.74) is 5.34. The molecule has 234 valence electrons. The number of nitrogens with one attached hydrogen (secondary N) is 2. The highest BCUT2D eigenvalue weighted by Gasteiger charge is 2.35. The van der Waals surface area contributed by atoms with Crippen molar-refractivity contribution in [1.82, 2.24) is 5.32 Å². The minimum absolute atomic E-state index is 0.0473. The van der Waals surface area contributed by atoms with Gasteiger partial charge in [0.05, 0.1) is 0 Å². The molecule has 0 saturated carbocycles. The SMILES string of the molecule is C#CC#CC#CC#Cc1ccc(NC(=O)[C@@H](NC(=O)OCC2c3ccccc3-c3ccccc32)C(C)C[P+](=O)OCOC(C)=O)cc1. The predicted molar refractivity (Wildman–Crippen MR) is 178 cm³/mol. The first-order valence-corrected chi connectivity index (χ1v) is 15.8. The Morgan fingerprint density at radius 2 is 1.49 bits per heavy atom. The highest BCUT2D eigenvalue weighted by Crippen LogP contribution is 2.44. The lowest BCUT2D eigenvalue weighted by Gasteiger charge is -2.22. The number of ether oxygens (including phenoxy) is 2. The van der Waals surface area contributed by atoms with Crippen LogP contribution in [0.4, 0.5) is 10.5 Å². The Morgan fingerprint density at radius 3 is 2.13 bits per heavy atom. The van der Waals surface area contributed by atoms with Gasteiger partial charge in [0, 0.05) is 30.0 Å². The van der Waals surface area contributed by atoms with Gasteiger partial charge in [0.1, 0.15) is 12.6 Å². The quantitative estimate of drug-likeness (QED) is 0.123. The van der Waals surface area contributed by atoms with Crippen LogP contribution in [-0.4, -0.2) is 43.6 Å². The van der Waals surface area contributed by atoms with Gasteiger partial charge in [-0.2, -0.15) is 0 Å². The average Bonchev–Trinajstić information content (AvgIpc) is 3.38. The Kier molecular flexibility index (Phi) is 12.3. The molecule has 0 bridgehead atoms. The molecule has 0 fully saturated rings. The molecule has 4 rings (SSSR count). The monoisotopic (exact) mass is 645 g/mol. The summed E-state index contributed by atoms with van der Waals surface area (Å²) in [5, 5.41) is 5.42. The lowest BCUT2D eigenvalue weighted by Crippen LogP contribution is -2.48. The molecule has 0 aliphatic heterocycles. The highest BCUT2D eigenvalue weighted by molar-refractivity contribution is 7.39. The third kappa shape index (κ3) is 9.83. The Morgan fingerprint density at radius 1 is 0.872 bits per heavy atom. The van der Waals surface area contributed by atoms with Crippen molar-refractivity contribution in [3.8, 4) is 59.0 Å². The summed E-state index contributed by atoms with van der Waals surface area (Å²) >= 11 is 0. The molecule has 1 aliphatic rings. The third-order valence-corrected chi connectivity index (χ3v) is 8.31. The third-order valence-electron chi connectivity index (χ3n) is 7.05. The fourth-order valence-corrected chi connectivity index (χ4v) is 5.84. The van der Waals surface area contributed by atoms with Gasteiger partial charge in [-0.25, -0.2) is 4.79 Å². The topological polar surface area (TPSA) is 120 Å². The van der Waals surface area contributed by atoms with E-state index in [9.17, 15) is 18.9 Å². The van der Waals surface area contributed by atoms with Gasteiger partial charge < -0.3 is 20.1 Å². The zero-order chi connectivity index (χ0) is 33.6. The van der Waals surface area contributed by atoms with E-state index in [1.807, 2.05) is 48.5 Å². The normalized spacial score (nSPS) is 12.3. The number of terminal acetylenes is 1. The molecular weight excluding hydrogens is 615 g/mol. The van der Waals surface area contributed by atoms with Crippen LogP contribution in [0.15, 0.2) is 72.8 Å². The zero-order valence-corrected chi connectivity index (χ0v) is 26.6. The van der Waals surface area contributed by atoms with Gasteiger partial charge in [-0.05, 0) is 86.6 Å². The van der Waals surface area contributed by atoms with E-state index in [1.54, 1.807) is 31.2 Å². The second kappa shape index (κ2) is 17.0. The van der Waals surface area contributed by atoms with Crippen LogP contribution in [0.2, 0.25) is 0 Å². The summed E-state index contributed by atoms with van der Waals surface area (Å²) in [6, 6.07) is 21.4. The summed E-state index contributed by atoms with van der Waals surface area (Å²) in [6.07, 6.45) is 4.11. The van der Waals surface area contributed by atoms with Crippen molar-refractivity contribution in [3.05, 3.63) is 89.5 Å². The number of carbonyl (C=O) groups excluding carboxylic acids is 3. The van der Waals surface area contributed by atoms with Crippen LogP contribution in [0.3, 0.4) is 0 Å². The first-order valence-electron chi connectivity index (χ1n) is 14.5. The van der Waals surface area contributed by atoms with Gasteiger partial charge >= 0.3 is 20.1 Å². The fourth-order valence-electron chi connectivity index (χ4n) is 4.88. The Hall–Kier alpha value is -5.83. The Labute approximate surface area is 274 Å². The highest BCUT2D eigenvalue weighted by atomic mass is 31.1. The standard InChI is InChI=1S/C37H29N2O7P/c1-4-5-6-7-8-9-14-28-19-21-29(22-20-28)38-36(41)35(26(2)24-47(43)46-25-45-27(3)40)39-37(42)44-23-34-32-17-12-10-15-30(32)31-16-11-13-18-33(31)34/h1,10-13,15-22,26,34-35H,23-25H2,2-3H3,(H-,38,39,41,42)/p+1/t26?,35-/m0/s1. The minimum atomic E-state index is -2.32. The van der Waals surface area contributed by atoms with Crippen molar-refractivity contribution >= 4 is 31.7 Å². The van der Waals surface area contributed by atoms with Crippen molar-refractivity contribution in [3.63, 3.8) is 0 Å². The molecule has 0 spiro atoms. The van der Waals surface area contributed by atoms with E-state index in [0.717, 1.165) is 22.3 Å². The second-order valence-corrected chi connectivity index (χ2v) is 11.6. The maximum Gasteiger partial charge on any atom is 0.511 e. The number of anilines is 1. The van der Waals surface area contributed by atoms with Crippen LogP contribution >= 0.6 is 8.03 Å². The zero-order valence-electron chi connectivity index (χ0n) is 25.7. The molecule has 0 saturated heterocycles. The Balaban J connectivity index is 1.44. The van der Waals surface area contributed by atoms with Gasteiger partial charge in [-0.1, -0.05) is 61.4 Å². The minimum Gasteiger partial charge on any atom is -0.449 e. The lowest BCUT2D eigenvalue weighted by molar-refractivity contribution is -0.147. The van der Waals surface area contributed by atoms with Crippen molar-refractivity contribution in [2.45, 2.75) is 25.8 Å². The fraction of sp³-hybridized carbons (Fsp3) is 0.216. The number of esters is 1. The molecule has 0 aromatic heterocycles. The van der Waals surface area contributed by atoms with Gasteiger partial charge in [0.25, 0.3) is 0 Å². The molecule has 1 aliphatic carbocycles. The molecule has 3 aromatic carbocycles. The summed E-state index contributed by atoms with van der Waals surface area (Å²) in [6.45, 7) is 2.39. The summed E-state index contributed by atoms with van der Waals surface area (Å²) < 4.78 is 28.0.